The van der Waals surface area contributed by atoms with E-state index in [0.717, 1.165) is 44.2 Å². The molecule has 0 bridgehead atoms. The van der Waals surface area contributed by atoms with E-state index in [1.165, 1.54) is 0 Å². The number of hydrogen-bond acceptors (Lipinski definition) is 4. The van der Waals surface area contributed by atoms with Gasteiger partial charge in [-0.25, -0.2) is 4.79 Å². The average molecular weight is 437 g/mol. The second-order valence-electron chi connectivity index (χ2n) is 7.79. The summed E-state index contributed by atoms with van der Waals surface area (Å²) in [6.07, 6.45) is 2.78. The number of aliphatic carboxylic acids is 1. The normalized spacial score (nSPS) is 23.1. The number of carboxylic acids is 1. The van der Waals surface area contributed by atoms with E-state index in [1.807, 2.05) is 24.3 Å². The van der Waals surface area contributed by atoms with Crippen LogP contribution >= 0.6 is 0 Å². The highest BCUT2D eigenvalue weighted by molar-refractivity contribution is 5.80. The molecule has 1 aliphatic carbocycles. The fraction of sp³-hybridized carbons (Fsp3) is 0.500. The molecule has 2 N–H and O–H groups in total. The molecule has 1 aromatic carbocycles. The molecule has 168 valence electrons. The number of nitriles is 1. The Morgan fingerprint density at radius 2 is 2.00 bits per heavy atom. The number of likely N-dealkylation sites (tertiary alicyclic amines) is 1. The summed E-state index contributed by atoms with van der Waals surface area (Å²) < 4.78 is 31.7. The number of carbonyl (C=O) groups excluding carboxylic acids is 1. The van der Waals surface area contributed by atoms with Gasteiger partial charge in [0.15, 0.2) is 0 Å². The van der Waals surface area contributed by atoms with Gasteiger partial charge in [-0.3, -0.25) is 4.79 Å². The van der Waals surface area contributed by atoms with Crippen molar-refractivity contribution in [2.75, 3.05) is 6.54 Å². The summed E-state index contributed by atoms with van der Waals surface area (Å²) in [6.45, 7) is 5.27. The first-order chi connectivity index (χ1) is 14.6. The third kappa shape index (κ3) is 6.56. The van der Waals surface area contributed by atoms with E-state index >= 15 is 0 Å². The first kappa shape index (κ1) is 24.4. The predicted octanol–water partition coefficient (Wildman–Crippen LogP) is 3.77. The lowest BCUT2D eigenvalue weighted by Crippen LogP contribution is -2.50. The number of hydrogen-bond donors (Lipinski definition) is 2. The molecule has 1 aliphatic heterocycles. The Morgan fingerprint density at radius 1 is 1.35 bits per heavy atom. The Labute approximate surface area is 179 Å². The van der Waals surface area contributed by atoms with Crippen molar-refractivity contribution in [2.24, 2.45) is 0 Å². The topological polar surface area (TPSA) is 93.4 Å². The molecule has 2 aliphatic rings. The van der Waals surface area contributed by atoms with Crippen molar-refractivity contribution in [1.82, 2.24) is 10.2 Å². The quantitative estimate of drug-likeness (QED) is 0.684. The summed E-state index contributed by atoms with van der Waals surface area (Å²) in [5, 5.41) is 19.7. The van der Waals surface area contributed by atoms with Crippen LogP contribution < -0.4 is 5.32 Å². The fourth-order valence-corrected chi connectivity index (χ4v) is 4.19. The average Bonchev–Trinajstić information content (AvgIpc) is 3.03. The smallest absolute Gasteiger partial charge is 0.475 e. The molecule has 1 heterocycles. The summed E-state index contributed by atoms with van der Waals surface area (Å²) in [5.74, 6) is -2.47. The summed E-state index contributed by atoms with van der Waals surface area (Å²) >= 11 is 0. The number of halogens is 3. The van der Waals surface area contributed by atoms with Crippen molar-refractivity contribution in [1.29, 1.82) is 5.26 Å². The number of alkyl halides is 3. The molecule has 2 fully saturated rings. The number of nitrogens with zero attached hydrogens (tertiary/aromatic N) is 2. The van der Waals surface area contributed by atoms with Crippen LogP contribution in [0, 0.1) is 11.3 Å². The summed E-state index contributed by atoms with van der Waals surface area (Å²) in [6, 6.07) is 10.4. The first-order valence-corrected chi connectivity index (χ1v) is 10.1. The van der Waals surface area contributed by atoms with Crippen LogP contribution in [0.2, 0.25) is 0 Å². The predicted molar refractivity (Wildman–Crippen MR) is 108 cm³/mol. The van der Waals surface area contributed by atoms with Crippen molar-refractivity contribution in [3.63, 3.8) is 0 Å². The van der Waals surface area contributed by atoms with Gasteiger partial charge in [0.25, 0.3) is 0 Å². The largest absolute Gasteiger partial charge is 0.490 e. The van der Waals surface area contributed by atoms with Gasteiger partial charge in [-0.1, -0.05) is 18.2 Å². The molecule has 1 amide bonds. The van der Waals surface area contributed by atoms with Crippen molar-refractivity contribution in [2.45, 2.75) is 62.8 Å². The number of rotatable bonds is 5. The van der Waals surface area contributed by atoms with E-state index in [9.17, 15) is 18.0 Å². The number of carboxylic acid groups (broad SMARTS) is 1. The minimum Gasteiger partial charge on any atom is -0.475 e. The molecule has 0 unspecified atom stereocenters. The number of amides is 1. The van der Waals surface area contributed by atoms with Crippen LogP contribution in [-0.4, -0.2) is 46.2 Å². The summed E-state index contributed by atoms with van der Waals surface area (Å²) in [4.78, 5) is 23.1. The second kappa shape index (κ2) is 10.4. The molecular formula is C22H26F3N3O3. The van der Waals surface area contributed by atoms with Gasteiger partial charge >= 0.3 is 12.1 Å². The van der Waals surface area contributed by atoms with E-state index < -0.39 is 12.1 Å². The molecule has 6 nitrogen and oxygen atoms in total. The van der Waals surface area contributed by atoms with Gasteiger partial charge in [0, 0.05) is 31.1 Å². The lowest BCUT2D eigenvalue weighted by molar-refractivity contribution is -0.192. The van der Waals surface area contributed by atoms with Gasteiger partial charge < -0.3 is 15.3 Å². The van der Waals surface area contributed by atoms with Crippen LogP contribution in [0.15, 0.2) is 36.9 Å². The molecular weight excluding hydrogens is 411 g/mol. The fourth-order valence-electron chi connectivity index (χ4n) is 4.19. The maximum absolute atomic E-state index is 12.1. The van der Waals surface area contributed by atoms with Crippen molar-refractivity contribution < 1.29 is 27.9 Å². The highest BCUT2D eigenvalue weighted by Gasteiger charge is 2.46. The van der Waals surface area contributed by atoms with Crippen LogP contribution in [-0.2, 0) is 16.1 Å². The molecule has 3 rings (SSSR count). The Hall–Kier alpha value is -2.86. The maximum Gasteiger partial charge on any atom is 0.490 e. The van der Waals surface area contributed by atoms with Crippen LogP contribution in [0.4, 0.5) is 13.2 Å². The van der Waals surface area contributed by atoms with Gasteiger partial charge in [0.1, 0.15) is 0 Å². The van der Waals surface area contributed by atoms with E-state index in [-0.39, 0.29) is 11.4 Å². The lowest BCUT2D eigenvalue weighted by Gasteiger charge is -2.43. The Bertz CT molecular complexity index is 840. The van der Waals surface area contributed by atoms with Gasteiger partial charge in [-0.15, -0.1) is 6.58 Å². The molecule has 0 radical (unpaired) electrons. The van der Waals surface area contributed by atoms with Crippen LogP contribution in [0.5, 0.6) is 0 Å². The van der Waals surface area contributed by atoms with E-state index in [2.05, 4.69) is 28.9 Å². The molecule has 1 saturated carbocycles. The highest BCUT2D eigenvalue weighted by atomic mass is 19.4. The zero-order valence-electron chi connectivity index (χ0n) is 17.1. The molecule has 1 aromatic rings. The summed E-state index contributed by atoms with van der Waals surface area (Å²) in [5.41, 5.74) is 1.93. The molecule has 9 heteroatoms. The number of benzene rings is 1. The van der Waals surface area contributed by atoms with Crippen molar-refractivity contribution in [3.8, 4) is 6.07 Å². The summed E-state index contributed by atoms with van der Waals surface area (Å²) in [7, 11) is 0. The molecule has 31 heavy (non-hydrogen) atoms. The standard InChI is InChI=1S/C20H25N3O.C2HF3O2/c1-2-12-23-19(24)8-11-20(23)9-6-18(7-10-20)22-15-17-5-3-4-16(13-17)14-21;3-2(4,5)1(6)7/h2-5,13,18,22H,1,6-12,15H2;(H,6,7). The third-order valence-corrected chi connectivity index (χ3v) is 5.80. The van der Waals surface area contributed by atoms with Crippen molar-refractivity contribution in [3.05, 3.63) is 48.0 Å². The van der Waals surface area contributed by atoms with Crippen LogP contribution in [0.1, 0.15) is 49.7 Å². The highest BCUT2D eigenvalue weighted by Crippen LogP contribution is 2.42. The van der Waals surface area contributed by atoms with E-state index in [4.69, 9.17) is 15.2 Å². The molecule has 1 saturated heterocycles. The van der Waals surface area contributed by atoms with E-state index in [1.54, 1.807) is 0 Å². The van der Waals surface area contributed by atoms with Gasteiger partial charge in [0.05, 0.1) is 11.6 Å². The molecule has 1 spiro atoms. The monoisotopic (exact) mass is 437 g/mol. The third-order valence-electron chi connectivity index (χ3n) is 5.80. The minimum absolute atomic E-state index is 0.0736. The van der Waals surface area contributed by atoms with E-state index in [0.29, 0.717) is 24.6 Å². The van der Waals surface area contributed by atoms with Gasteiger partial charge in [0.2, 0.25) is 5.91 Å². The maximum atomic E-state index is 12.1. The molecule has 0 aromatic heterocycles. The first-order valence-electron chi connectivity index (χ1n) is 10.1. The number of carbonyl (C=O) groups is 2. The van der Waals surface area contributed by atoms with Crippen molar-refractivity contribution >= 4 is 11.9 Å². The zero-order valence-corrected chi connectivity index (χ0v) is 17.1. The second-order valence-corrected chi connectivity index (χ2v) is 7.79. The van der Waals surface area contributed by atoms with Gasteiger partial charge in [-0.05, 0) is 49.8 Å². The zero-order chi connectivity index (χ0) is 23.1. The van der Waals surface area contributed by atoms with Gasteiger partial charge in [-0.2, -0.15) is 18.4 Å². The lowest BCUT2D eigenvalue weighted by atomic mass is 9.77. The Morgan fingerprint density at radius 3 is 2.55 bits per heavy atom. The molecule has 0 atom stereocenters. The Balaban J connectivity index is 0.000000423. The van der Waals surface area contributed by atoms with Crippen LogP contribution in [0.25, 0.3) is 0 Å². The Kier molecular flexibility index (Phi) is 8.22. The minimum atomic E-state index is -5.08. The van der Waals surface area contributed by atoms with Crippen LogP contribution in [0.3, 0.4) is 0 Å². The number of nitrogens with one attached hydrogen (secondary N) is 1. The SMILES string of the molecule is C=CCN1C(=O)CCC12CCC(NCc1cccc(C#N)c1)CC2.O=C(O)C(F)(F)F.